The fourth-order valence-corrected chi connectivity index (χ4v) is 4.11. The number of ether oxygens (including phenoxy) is 1. The number of carbonyl (C=O) groups is 1. The molecule has 1 fully saturated rings. The lowest BCUT2D eigenvalue weighted by molar-refractivity contribution is 0.116. The number of hydrogen-bond donors (Lipinski definition) is 5. The van der Waals surface area contributed by atoms with Crippen molar-refractivity contribution < 1.29 is 18.6 Å². The molecule has 2 aliphatic rings. The van der Waals surface area contributed by atoms with E-state index in [1.165, 1.54) is 0 Å². The van der Waals surface area contributed by atoms with Crippen LogP contribution >= 0.6 is 11.0 Å². The number of piperidine rings is 1. The van der Waals surface area contributed by atoms with E-state index < -0.39 is 11.0 Å². The van der Waals surface area contributed by atoms with Crippen molar-refractivity contribution in [2.75, 3.05) is 24.4 Å². The van der Waals surface area contributed by atoms with E-state index in [4.69, 9.17) is 10.5 Å². The van der Waals surface area contributed by atoms with Crippen LogP contribution in [0.5, 0.6) is 5.75 Å². The Bertz CT molecular complexity index is 712. The van der Waals surface area contributed by atoms with Crippen LogP contribution in [-0.4, -0.2) is 51.6 Å². The van der Waals surface area contributed by atoms with Crippen LogP contribution in [0.3, 0.4) is 0 Å². The summed E-state index contributed by atoms with van der Waals surface area (Å²) in [5.74, 6) is 0.506. The number of amides is 2. The summed E-state index contributed by atoms with van der Waals surface area (Å²) in [4.78, 5) is 14.0. The van der Waals surface area contributed by atoms with Crippen molar-refractivity contribution in [3.63, 3.8) is 0 Å². The van der Waals surface area contributed by atoms with Crippen molar-refractivity contribution in [1.82, 2.24) is 10.2 Å². The zero-order valence-corrected chi connectivity index (χ0v) is 15.5. The maximum Gasteiger partial charge on any atom is 0.317 e. The fourth-order valence-electron chi connectivity index (χ4n) is 3.23. The van der Waals surface area contributed by atoms with Gasteiger partial charge < -0.3 is 20.7 Å². The minimum absolute atomic E-state index is 0.0126. The van der Waals surface area contributed by atoms with E-state index in [-0.39, 0.29) is 17.9 Å². The Morgan fingerprint density at radius 2 is 2.31 bits per heavy atom. The summed E-state index contributed by atoms with van der Waals surface area (Å²) < 4.78 is 31.7. The Labute approximate surface area is 154 Å². The predicted octanol–water partition coefficient (Wildman–Crippen LogP) is 2.36. The first-order valence-corrected chi connectivity index (χ1v) is 10.1. The maximum absolute atomic E-state index is 12.2. The molecule has 0 aliphatic carbocycles. The number of rotatable bonds is 4. The molecule has 2 aliphatic heterocycles. The number of urea groups is 1. The molecule has 3 rings (SSSR count). The van der Waals surface area contributed by atoms with Gasteiger partial charge in [0.1, 0.15) is 12.4 Å². The molecule has 10 heteroatoms. The third-order valence-electron chi connectivity index (χ3n) is 4.40. The maximum atomic E-state index is 12.2. The van der Waals surface area contributed by atoms with E-state index in [2.05, 4.69) is 14.4 Å². The van der Waals surface area contributed by atoms with Gasteiger partial charge in [-0.2, -0.15) is 0 Å². The van der Waals surface area contributed by atoms with Gasteiger partial charge in [-0.1, -0.05) is 6.07 Å². The van der Waals surface area contributed by atoms with E-state index in [1.54, 1.807) is 18.2 Å². The highest BCUT2D eigenvalue weighted by Crippen LogP contribution is 2.46. The zero-order chi connectivity index (χ0) is 18.7. The van der Waals surface area contributed by atoms with Gasteiger partial charge in [-0.25, -0.2) is 4.79 Å². The Morgan fingerprint density at radius 1 is 1.50 bits per heavy atom. The van der Waals surface area contributed by atoms with Gasteiger partial charge in [-0.3, -0.25) is 13.8 Å². The molecule has 1 unspecified atom stereocenters. The molecule has 1 aromatic rings. The summed E-state index contributed by atoms with van der Waals surface area (Å²) in [6, 6.07) is 5.06. The van der Waals surface area contributed by atoms with Crippen LogP contribution < -0.4 is 20.5 Å². The van der Waals surface area contributed by atoms with Crippen molar-refractivity contribution in [3.8, 4) is 5.75 Å². The van der Waals surface area contributed by atoms with Crippen molar-refractivity contribution >= 4 is 28.5 Å². The molecule has 2 amide bonds. The summed E-state index contributed by atoms with van der Waals surface area (Å²) in [6.07, 6.45) is 2.90. The van der Waals surface area contributed by atoms with Crippen LogP contribution in [0.15, 0.2) is 22.6 Å². The van der Waals surface area contributed by atoms with Crippen molar-refractivity contribution in [1.29, 1.82) is 0 Å². The summed E-state index contributed by atoms with van der Waals surface area (Å²) in [6.45, 7) is 3.51. The number of anilines is 1. The zero-order valence-electron chi connectivity index (χ0n) is 14.6. The van der Waals surface area contributed by atoms with Crippen LogP contribution in [0.25, 0.3) is 0 Å². The SMILES string of the molecule is CCNC(=O)N1CCCCC1COc1cccc2c1C(N)=NS(O)(O)N2. The first kappa shape index (κ1) is 18.6. The number of carbonyl (C=O) groups excluding carboxylic acids is 1. The average Bonchev–Trinajstić information content (AvgIpc) is 2.59. The van der Waals surface area contributed by atoms with E-state index >= 15 is 0 Å². The topological polar surface area (TPSA) is 132 Å². The molecule has 0 radical (unpaired) electrons. The largest absolute Gasteiger partial charge is 0.491 e. The molecular weight excluding hydrogens is 358 g/mol. The third-order valence-corrected chi connectivity index (χ3v) is 5.35. The number of fused-ring (bicyclic) bond motifs is 1. The molecule has 0 saturated carbocycles. The van der Waals surface area contributed by atoms with Crippen LogP contribution in [0.2, 0.25) is 0 Å². The Hall–Kier alpha value is -2.17. The van der Waals surface area contributed by atoms with Crippen molar-refractivity contribution in [2.45, 2.75) is 32.2 Å². The molecule has 0 bridgehead atoms. The van der Waals surface area contributed by atoms with E-state index in [9.17, 15) is 13.9 Å². The van der Waals surface area contributed by atoms with Crippen LogP contribution in [0.1, 0.15) is 31.7 Å². The minimum Gasteiger partial charge on any atom is -0.491 e. The second-order valence-corrected chi connectivity index (χ2v) is 7.69. The molecule has 1 atom stereocenters. The Kier molecular flexibility index (Phi) is 5.44. The molecular formula is C16H25N5O4S. The number of likely N-dealkylation sites (tertiary alicyclic amines) is 1. The lowest BCUT2D eigenvalue weighted by atomic mass is 10.0. The fraction of sp³-hybridized carbons (Fsp3) is 0.500. The summed E-state index contributed by atoms with van der Waals surface area (Å²) in [5.41, 5.74) is 6.86. The highest BCUT2D eigenvalue weighted by atomic mass is 32.3. The van der Waals surface area contributed by atoms with E-state index in [0.717, 1.165) is 19.3 Å². The van der Waals surface area contributed by atoms with Crippen LogP contribution in [-0.2, 0) is 0 Å². The third kappa shape index (κ3) is 3.97. The standard InChI is InChI=1S/C16H25N5O4S/c1-2-18-16(22)21-9-4-3-6-11(21)10-25-13-8-5-7-12-14(13)15(17)20-26(23,24)19-12/h5,7-8,11,19,23-24H,2-4,6,9-10H2,1H3,(H2,17,20)(H,18,22). The second kappa shape index (κ2) is 7.60. The Morgan fingerprint density at radius 3 is 3.08 bits per heavy atom. The second-order valence-electron chi connectivity index (χ2n) is 6.27. The van der Waals surface area contributed by atoms with Gasteiger partial charge in [0.15, 0.2) is 5.84 Å². The first-order valence-electron chi connectivity index (χ1n) is 8.63. The summed E-state index contributed by atoms with van der Waals surface area (Å²) in [5, 5.41) is 2.84. The number of nitrogens with zero attached hydrogens (tertiary/aromatic N) is 2. The highest BCUT2D eigenvalue weighted by Gasteiger charge is 2.29. The van der Waals surface area contributed by atoms with E-state index in [0.29, 0.717) is 36.7 Å². The van der Waals surface area contributed by atoms with Crippen LogP contribution in [0.4, 0.5) is 10.5 Å². The highest BCUT2D eigenvalue weighted by molar-refractivity contribution is 8.24. The number of benzene rings is 1. The van der Waals surface area contributed by atoms with Gasteiger partial charge in [-0.15, -0.1) is 4.40 Å². The normalized spacial score (nSPS) is 22.5. The quantitative estimate of drug-likeness (QED) is 0.542. The van der Waals surface area contributed by atoms with Gasteiger partial charge in [-0.05, 0) is 49.3 Å². The van der Waals surface area contributed by atoms with E-state index in [1.807, 2.05) is 11.8 Å². The molecule has 1 aromatic carbocycles. The molecule has 2 heterocycles. The summed E-state index contributed by atoms with van der Waals surface area (Å²) >= 11 is 0. The van der Waals surface area contributed by atoms with Crippen LogP contribution in [0, 0.1) is 0 Å². The van der Waals surface area contributed by atoms with Crippen molar-refractivity contribution in [3.05, 3.63) is 23.8 Å². The molecule has 0 aromatic heterocycles. The van der Waals surface area contributed by atoms with Gasteiger partial charge in [0.25, 0.3) is 0 Å². The summed E-state index contributed by atoms with van der Waals surface area (Å²) in [7, 11) is -3.33. The van der Waals surface area contributed by atoms with Gasteiger partial charge >= 0.3 is 6.03 Å². The molecule has 6 N–H and O–H groups in total. The number of hydrogen-bond acceptors (Lipinski definition) is 7. The smallest absolute Gasteiger partial charge is 0.317 e. The molecule has 144 valence electrons. The number of amidine groups is 1. The molecule has 9 nitrogen and oxygen atoms in total. The molecule has 26 heavy (non-hydrogen) atoms. The lowest BCUT2D eigenvalue weighted by Crippen LogP contribution is -2.50. The van der Waals surface area contributed by atoms with Gasteiger partial charge in [0.2, 0.25) is 0 Å². The average molecular weight is 383 g/mol. The molecule has 1 saturated heterocycles. The number of nitrogens with one attached hydrogen (secondary N) is 2. The lowest BCUT2D eigenvalue weighted by Gasteiger charge is -2.36. The van der Waals surface area contributed by atoms with Gasteiger partial charge in [0, 0.05) is 13.1 Å². The van der Waals surface area contributed by atoms with Crippen molar-refractivity contribution in [2.24, 2.45) is 10.1 Å². The Balaban J connectivity index is 1.75. The predicted molar refractivity (Wildman–Crippen MR) is 103 cm³/mol. The minimum atomic E-state index is -3.33. The number of nitrogens with two attached hydrogens (primary N) is 1. The van der Waals surface area contributed by atoms with Gasteiger partial charge in [0.05, 0.1) is 17.3 Å². The first-order chi connectivity index (χ1) is 12.4. The monoisotopic (exact) mass is 383 g/mol. The molecule has 0 spiro atoms.